The summed E-state index contributed by atoms with van der Waals surface area (Å²) < 4.78 is 7.87. The highest BCUT2D eigenvalue weighted by Gasteiger charge is 2.21. The fourth-order valence-electron chi connectivity index (χ4n) is 3.97. The van der Waals surface area contributed by atoms with Gasteiger partial charge >= 0.3 is 0 Å². The second kappa shape index (κ2) is 7.36. The number of piperazine rings is 1. The first-order chi connectivity index (χ1) is 12.2. The van der Waals surface area contributed by atoms with Crippen LogP contribution < -0.4 is 5.01 Å². The van der Waals surface area contributed by atoms with Crippen molar-refractivity contribution >= 4 is 10.9 Å². The zero-order valence-electron chi connectivity index (χ0n) is 15.4. The maximum absolute atomic E-state index is 5.49. The Morgan fingerprint density at radius 3 is 2.56 bits per heavy atom. The van der Waals surface area contributed by atoms with E-state index in [-0.39, 0.29) is 0 Å². The van der Waals surface area contributed by atoms with Gasteiger partial charge in [0.25, 0.3) is 0 Å². The maximum Gasteiger partial charge on any atom is 0.0698 e. The predicted octanol–water partition coefficient (Wildman–Crippen LogP) is 1.94. The SMILES string of the molecule is CC(C)N1CCN(n2cc(CN3CCOCC3)c3c[c]ccc32)CC1. The van der Waals surface area contributed by atoms with E-state index in [0.717, 1.165) is 59.0 Å². The molecular formula is C20H29N4O. The van der Waals surface area contributed by atoms with Crippen molar-refractivity contribution < 1.29 is 4.74 Å². The minimum absolute atomic E-state index is 0.634. The van der Waals surface area contributed by atoms with Crippen LogP contribution in [0.1, 0.15) is 19.4 Å². The number of ether oxygens (including phenoxy) is 1. The number of hydrogen-bond acceptors (Lipinski definition) is 4. The highest BCUT2D eigenvalue weighted by Crippen LogP contribution is 2.24. The summed E-state index contributed by atoms with van der Waals surface area (Å²) in [6.07, 6.45) is 2.35. The lowest BCUT2D eigenvalue weighted by Gasteiger charge is -2.38. The molecule has 0 aliphatic carbocycles. The molecule has 2 aliphatic heterocycles. The van der Waals surface area contributed by atoms with Crippen molar-refractivity contribution in [1.29, 1.82) is 0 Å². The van der Waals surface area contributed by atoms with Gasteiger partial charge in [0, 0.05) is 63.4 Å². The molecule has 0 bridgehead atoms. The van der Waals surface area contributed by atoms with E-state index in [1.54, 1.807) is 0 Å². The van der Waals surface area contributed by atoms with Crippen molar-refractivity contribution in [2.45, 2.75) is 26.4 Å². The average molecular weight is 341 g/mol. The zero-order chi connectivity index (χ0) is 17.2. The van der Waals surface area contributed by atoms with Gasteiger partial charge in [-0.1, -0.05) is 6.07 Å². The van der Waals surface area contributed by atoms with Gasteiger partial charge in [0.1, 0.15) is 0 Å². The largest absolute Gasteiger partial charge is 0.379 e. The summed E-state index contributed by atoms with van der Waals surface area (Å²) in [6, 6.07) is 10.3. The standard InChI is InChI=1S/C20H29N4O/c1-17(2)22-7-9-23(10-8-22)24-16-18(15-21-11-13-25-14-12-21)19-5-3-4-6-20(19)24/h4-6,16-17H,7-15H2,1-2H3. The summed E-state index contributed by atoms with van der Waals surface area (Å²) >= 11 is 0. The Morgan fingerprint density at radius 1 is 1.08 bits per heavy atom. The van der Waals surface area contributed by atoms with E-state index in [1.165, 1.54) is 16.5 Å². The number of benzene rings is 1. The third-order valence-electron chi connectivity index (χ3n) is 5.54. The molecule has 0 amide bonds. The van der Waals surface area contributed by atoms with Crippen LogP contribution in [0.2, 0.25) is 0 Å². The highest BCUT2D eigenvalue weighted by molar-refractivity contribution is 5.84. The molecule has 2 saturated heterocycles. The van der Waals surface area contributed by atoms with Crippen LogP contribution in [-0.4, -0.2) is 73.0 Å². The Labute approximate surface area is 150 Å². The fourth-order valence-corrected chi connectivity index (χ4v) is 3.97. The van der Waals surface area contributed by atoms with E-state index in [1.807, 2.05) is 6.07 Å². The van der Waals surface area contributed by atoms with E-state index in [9.17, 15) is 0 Å². The molecular weight excluding hydrogens is 312 g/mol. The Kier molecular flexibility index (Phi) is 4.97. The molecule has 1 aromatic carbocycles. The first-order valence-corrected chi connectivity index (χ1v) is 9.52. The van der Waals surface area contributed by atoms with Crippen molar-refractivity contribution in [3.8, 4) is 0 Å². The van der Waals surface area contributed by atoms with Gasteiger partial charge < -0.3 is 9.75 Å². The average Bonchev–Trinajstić information content (AvgIpc) is 3.01. The number of aromatic nitrogens is 1. The lowest BCUT2D eigenvalue weighted by atomic mass is 10.1. The van der Waals surface area contributed by atoms with Crippen molar-refractivity contribution in [3.63, 3.8) is 0 Å². The van der Waals surface area contributed by atoms with E-state index in [0.29, 0.717) is 6.04 Å². The third kappa shape index (κ3) is 3.54. The predicted molar refractivity (Wildman–Crippen MR) is 102 cm³/mol. The molecule has 1 radical (unpaired) electrons. The van der Waals surface area contributed by atoms with Crippen LogP contribution in [0.5, 0.6) is 0 Å². The van der Waals surface area contributed by atoms with Crippen molar-refractivity contribution in [3.05, 3.63) is 36.0 Å². The number of hydrogen-bond donors (Lipinski definition) is 0. The molecule has 0 spiro atoms. The molecule has 5 nitrogen and oxygen atoms in total. The molecule has 4 rings (SSSR count). The normalized spacial score (nSPS) is 20.7. The van der Waals surface area contributed by atoms with Crippen LogP contribution >= 0.6 is 0 Å². The van der Waals surface area contributed by atoms with Crippen LogP contribution in [0.15, 0.2) is 24.4 Å². The lowest BCUT2D eigenvalue weighted by molar-refractivity contribution is 0.0343. The number of rotatable bonds is 4. The second-order valence-electron chi connectivity index (χ2n) is 7.41. The Morgan fingerprint density at radius 2 is 1.84 bits per heavy atom. The Bertz CT molecular complexity index is 697. The van der Waals surface area contributed by atoms with Crippen LogP contribution in [0.3, 0.4) is 0 Å². The van der Waals surface area contributed by atoms with Gasteiger partial charge in [0.05, 0.1) is 18.7 Å². The van der Waals surface area contributed by atoms with Crippen molar-refractivity contribution in [1.82, 2.24) is 14.5 Å². The first-order valence-electron chi connectivity index (χ1n) is 9.52. The Balaban J connectivity index is 1.57. The smallest absolute Gasteiger partial charge is 0.0698 e. The van der Waals surface area contributed by atoms with Gasteiger partial charge in [-0.05, 0) is 37.6 Å². The maximum atomic E-state index is 5.49. The van der Waals surface area contributed by atoms with Crippen LogP contribution in [0.4, 0.5) is 0 Å². The van der Waals surface area contributed by atoms with E-state index >= 15 is 0 Å². The van der Waals surface area contributed by atoms with Gasteiger partial charge in [-0.25, -0.2) is 0 Å². The van der Waals surface area contributed by atoms with Gasteiger partial charge in [-0.15, -0.1) is 0 Å². The van der Waals surface area contributed by atoms with Gasteiger partial charge in [0.15, 0.2) is 0 Å². The molecule has 2 aliphatic rings. The van der Waals surface area contributed by atoms with Crippen molar-refractivity contribution in [2.75, 3.05) is 57.5 Å². The minimum Gasteiger partial charge on any atom is -0.379 e. The van der Waals surface area contributed by atoms with E-state index < -0.39 is 0 Å². The zero-order valence-corrected chi connectivity index (χ0v) is 15.4. The Hall–Kier alpha value is -1.56. The molecule has 3 heterocycles. The van der Waals surface area contributed by atoms with Crippen LogP contribution in [0.25, 0.3) is 10.9 Å². The van der Waals surface area contributed by atoms with E-state index in [2.05, 4.69) is 57.7 Å². The molecule has 0 atom stereocenters. The molecule has 2 aromatic rings. The third-order valence-corrected chi connectivity index (χ3v) is 5.54. The fraction of sp³-hybridized carbons (Fsp3) is 0.600. The molecule has 0 saturated carbocycles. The van der Waals surface area contributed by atoms with Gasteiger partial charge in [0.2, 0.25) is 0 Å². The molecule has 25 heavy (non-hydrogen) atoms. The lowest BCUT2D eigenvalue weighted by Crippen LogP contribution is -2.52. The molecule has 1 aromatic heterocycles. The summed E-state index contributed by atoms with van der Waals surface area (Å²) in [5.41, 5.74) is 2.71. The van der Waals surface area contributed by atoms with E-state index in [4.69, 9.17) is 4.74 Å². The summed E-state index contributed by atoms with van der Waals surface area (Å²) in [6.45, 7) is 13.8. The number of morpholine rings is 1. The van der Waals surface area contributed by atoms with Crippen LogP contribution in [0, 0.1) is 6.07 Å². The molecule has 135 valence electrons. The number of fused-ring (bicyclic) bond motifs is 1. The monoisotopic (exact) mass is 341 g/mol. The number of nitrogens with zero attached hydrogens (tertiary/aromatic N) is 4. The minimum atomic E-state index is 0.634. The molecule has 5 heteroatoms. The highest BCUT2D eigenvalue weighted by atomic mass is 16.5. The quantitative estimate of drug-likeness (QED) is 0.848. The molecule has 0 N–H and O–H groups in total. The molecule has 0 unspecified atom stereocenters. The van der Waals surface area contributed by atoms with Crippen LogP contribution in [-0.2, 0) is 11.3 Å². The first kappa shape index (κ1) is 16.9. The summed E-state index contributed by atoms with van der Waals surface area (Å²) in [5, 5.41) is 3.82. The topological polar surface area (TPSA) is 23.9 Å². The summed E-state index contributed by atoms with van der Waals surface area (Å²) in [4.78, 5) is 5.05. The summed E-state index contributed by atoms with van der Waals surface area (Å²) in [7, 11) is 0. The second-order valence-corrected chi connectivity index (χ2v) is 7.41. The molecule has 2 fully saturated rings. The van der Waals surface area contributed by atoms with Crippen molar-refractivity contribution in [2.24, 2.45) is 0 Å². The summed E-state index contributed by atoms with van der Waals surface area (Å²) in [5.74, 6) is 0. The van der Waals surface area contributed by atoms with Gasteiger partial charge in [-0.2, -0.15) is 0 Å². The van der Waals surface area contributed by atoms with Gasteiger partial charge in [-0.3, -0.25) is 14.5 Å².